The molecule has 0 bridgehead atoms. The molecule has 1 aliphatic carbocycles. The summed E-state index contributed by atoms with van der Waals surface area (Å²) in [6, 6.07) is 0. The van der Waals surface area contributed by atoms with Crippen LogP contribution in [0.3, 0.4) is 0 Å². The van der Waals surface area contributed by atoms with Gasteiger partial charge >= 0.3 is 0 Å². The first-order chi connectivity index (χ1) is 9.42. The van der Waals surface area contributed by atoms with Crippen LogP contribution in [0.4, 0.5) is 0 Å². The monoisotopic (exact) mass is 252 g/mol. The Hall–Kier alpha value is -0.590. The minimum atomic E-state index is -1.12. The summed E-state index contributed by atoms with van der Waals surface area (Å²) in [6.45, 7) is 8.24. The first-order valence-electron chi connectivity index (χ1n) is 8.70. The van der Waals surface area contributed by atoms with Gasteiger partial charge in [-0.1, -0.05) is 64.5 Å². The Morgan fingerprint density at radius 3 is 1.50 bits per heavy atom. The average molecular weight is 252 g/mol. The van der Waals surface area contributed by atoms with Gasteiger partial charge in [-0.15, -0.1) is 0 Å². The summed E-state index contributed by atoms with van der Waals surface area (Å²) in [4.78, 5) is 12.9. The Bertz CT molecular complexity index is 354. The van der Waals surface area contributed by atoms with Crippen LogP contribution in [-0.2, 0) is 4.79 Å². The molecule has 0 aromatic rings. The van der Waals surface area contributed by atoms with Crippen molar-refractivity contribution in [1.82, 2.24) is 0 Å². The zero-order valence-electron chi connectivity index (χ0n) is 14.6. The van der Waals surface area contributed by atoms with Crippen LogP contribution >= 0.6 is 0 Å². The van der Waals surface area contributed by atoms with E-state index in [0.29, 0.717) is 12.8 Å². The molecule has 0 aromatic carbocycles. The maximum atomic E-state index is 12.9. The first kappa shape index (κ1) is 12.4. The van der Waals surface area contributed by atoms with Gasteiger partial charge < -0.3 is 0 Å². The molecule has 0 aromatic heterocycles. The quantitative estimate of drug-likeness (QED) is 0.536. The number of ketones is 1. The summed E-state index contributed by atoms with van der Waals surface area (Å²) in [7, 11) is 0. The van der Waals surface area contributed by atoms with E-state index in [1.165, 1.54) is 0 Å². The van der Waals surface area contributed by atoms with Crippen molar-refractivity contribution in [3.8, 4) is 0 Å². The first-order valence-corrected chi connectivity index (χ1v) is 7.70. The largest absolute Gasteiger partial charge is 0.298 e. The van der Waals surface area contributed by atoms with Crippen LogP contribution < -0.4 is 0 Å². The molecule has 2 atom stereocenters. The lowest BCUT2D eigenvalue weighted by Crippen LogP contribution is -2.17. The van der Waals surface area contributed by atoms with Gasteiger partial charge in [-0.3, -0.25) is 4.79 Å². The van der Waals surface area contributed by atoms with E-state index in [4.69, 9.17) is 2.74 Å². The second kappa shape index (κ2) is 7.76. The fraction of sp³-hybridized carbons (Fsp3) is 0.824. The number of carbonyl (C=O) groups is 1. The molecule has 1 rings (SSSR count). The van der Waals surface area contributed by atoms with Crippen molar-refractivity contribution in [2.75, 3.05) is 0 Å². The highest BCUT2D eigenvalue weighted by Gasteiger charge is 2.38. The molecule has 0 amide bonds. The van der Waals surface area contributed by atoms with E-state index in [1.54, 1.807) is 0 Å². The molecule has 1 heteroatoms. The number of Topliss-reactive ketones (excluding diaryl/α,β-unsaturated/α-hetero) is 1. The van der Waals surface area contributed by atoms with Gasteiger partial charge in [-0.05, 0) is 25.7 Å². The van der Waals surface area contributed by atoms with Crippen LogP contribution in [0, 0.1) is 11.8 Å². The Morgan fingerprint density at radius 1 is 0.833 bits per heavy atom. The maximum absolute atomic E-state index is 12.9. The highest BCUT2D eigenvalue weighted by Crippen LogP contribution is 2.42. The SMILES string of the molecule is [2H][C@@]1(CCC)C(=O)[C@@]([2H])(CCC)C(CCC)=C1CCC. The standard InChI is InChI=1S/C17H30O/c1-5-9-13-14(10-6-2)16(12-8-4)17(18)15(13)11-7-3/h15-16H,5-12H2,1-4H3/t15-,16-/m0/s1/i15D,16D. The minimum absolute atomic E-state index is 0.152. The van der Waals surface area contributed by atoms with Gasteiger partial charge in [-0.25, -0.2) is 0 Å². The van der Waals surface area contributed by atoms with E-state index in [2.05, 4.69) is 13.8 Å². The fourth-order valence-electron chi connectivity index (χ4n) is 2.95. The van der Waals surface area contributed by atoms with Crippen LogP contribution in [0.5, 0.6) is 0 Å². The molecule has 104 valence electrons. The van der Waals surface area contributed by atoms with Gasteiger partial charge in [0.15, 0.2) is 0 Å². The number of allylic oxidation sites excluding steroid dienone is 2. The predicted molar refractivity (Wildman–Crippen MR) is 78.6 cm³/mol. The van der Waals surface area contributed by atoms with Crippen LogP contribution in [0.15, 0.2) is 11.1 Å². The smallest absolute Gasteiger partial charge is 0.147 e. The molecular formula is C17H30O. The number of carbonyl (C=O) groups excluding carboxylic acids is 1. The summed E-state index contributed by atoms with van der Waals surface area (Å²) >= 11 is 0. The van der Waals surface area contributed by atoms with Crippen LogP contribution in [0.1, 0.15) is 81.8 Å². The van der Waals surface area contributed by atoms with Crippen molar-refractivity contribution < 1.29 is 7.54 Å². The summed E-state index contributed by atoms with van der Waals surface area (Å²) in [5.74, 6) is -2.39. The average Bonchev–Trinajstić information content (AvgIpc) is 2.54. The van der Waals surface area contributed by atoms with Crippen molar-refractivity contribution in [1.29, 1.82) is 0 Å². The third-order valence-corrected chi connectivity index (χ3v) is 3.64. The summed E-state index contributed by atoms with van der Waals surface area (Å²) in [5, 5.41) is 0. The molecule has 0 N–H and O–H groups in total. The van der Waals surface area contributed by atoms with Crippen LogP contribution in [0.2, 0.25) is 0 Å². The van der Waals surface area contributed by atoms with E-state index in [0.717, 1.165) is 49.7 Å². The minimum Gasteiger partial charge on any atom is -0.298 e. The van der Waals surface area contributed by atoms with Gasteiger partial charge in [0.2, 0.25) is 0 Å². The van der Waals surface area contributed by atoms with Crippen molar-refractivity contribution in [2.24, 2.45) is 11.8 Å². The second-order valence-electron chi connectivity index (χ2n) is 5.24. The second-order valence-corrected chi connectivity index (χ2v) is 5.24. The van der Waals surface area contributed by atoms with Crippen molar-refractivity contribution in [2.45, 2.75) is 79.1 Å². The van der Waals surface area contributed by atoms with E-state index < -0.39 is 11.8 Å². The molecule has 0 fully saturated rings. The van der Waals surface area contributed by atoms with Crippen molar-refractivity contribution in [3.05, 3.63) is 11.1 Å². The Kier molecular flexibility index (Phi) is 5.36. The zero-order valence-corrected chi connectivity index (χ0v) is 12.6. The predicted octanol–water partition coefficient (Wildman–Crippen LogP) is 5.30. The zero-order chi connectivity index (χ0) is 15.4. The number of hydrogen-bond donors (Lipinski definition) is 0. The molecule has 0 spiro atoms. The molecule has 0 radical (unpaired) electrons. The van der Waals surface area contributed by atoms with Crippen LogP contribution in [-0.4, -0.2) is 5.78 Å². The summed E-state index contributed by atoms with van der Waals surface area (Å²) in [5.41, 5.74) is 1.97. The fourth-order valence-corrected chi connectivity index (χ4v) is 2.95. The van der Waals surface area contributed by atoms with Gasteiger partial charge in [0.05, 0.1) is 0 Å². The van der Waals surface area contributed by atoms with Gasteiger partial charge in [0, 0.05) is 14.5 Å². The Morgan fingerprint density at radius 2 is 1.22 bits per heavy atom. The molecule has 0 aliphatic heterocycles. The molecule has 0 saturated carbocycles. The van der Waals surface area contributed by atoms with E-state index >= 15 is 0 Å². The lowest BCUT2D eigenvalue weighted by atomic mass is 9.90. The Balaban J connectivity index is 3.38. The molecule has 0 saturated heterocycles. The van der Waals surface area contributed by atoms with E-state index in [-0.39, 0.29) is 5.78 Å². The highest BCUT2D eigenvalue weighted by atomic mass is 16.1. The highest BCUT2D eigenvalue weighted by molar-refractivity contribution is 5.92. The van der Waals surface area contributed by atoms with E-state index in [1.807, 2.05) is 13.8 Å². The summed E-state index contributed by atoms with van der Waals surface area (Å²) in [6.07, 6.45) is 6.28. The van der Waals surface area contributed by atoms with Gasteiger partial charge in [0.25, 0.3) is 0 Å². The summed E-state index contributed by atoms with van der Waals surface area (Å²) < 4.78 is 17.5. The van der Waals surface area contributed by atoms with Gasteiger partial charge in [-0.2, -0.15) is 0 Å². The lowest BCUT2D eigenvalue weighted by Gasteiger charge is -2.12. The van der Waals surface area contributed by atoms with Crippen molar-refractivity contribution >= 4 is 5.78 Å². The molecule has 1 nitrogen and oxygen atoms in total. The third-order valence-electron chi connectivity index (χ3n) is 3.64. The van der Waals surface area contributed by atoms with Crippen molar-refractivity contribution in [3.63, 3.8) is 0 Å². The maximum Gasteiger partial charge on any atom is 0.147 e. The number of rotatable bonds is 8. The lowest BCUT2D eigenvalue weighted by molar-refractivity contribution is -0.123. The molecule has 0 unspecified atom stereocenters. The number of hydrogen-bond acceptors (Lipinski definition) is 1. The van der Waals surface area contributed by atoms with Crippen LogP contribution in [0.25, 0.3) is 0 Å². The third kappa shape index (κ3) is 3.24. The Labute approximate surface area is 116 Å². The van der Waals surface area contributed by atoms with Gasteiger partial charge in [0.1, 0.15) is 5.78 Å². The molecule has 18 heavy (non-hydrogen) atoms. The van der Waals surface area contributed by atoms with E-state index in [9.17, 15) is 4.79 Å². The molecule has 0 heterocycles. The topological polar surface area (TPSA) is 17.1 Å². The normalized spacial score (nSPS) is 33.9. The molecule has 1 aliphatic rings. The molecular weight excluding hydrogens is 220 g/mol.